The van der Waals surface area contributed by atoms with Gasteiger partial charge in [-0.1, -0.05) is 30.3 Å². The Balaban J connectivity index is 1.37. The van der Waals surface area contributed by atoms with E-state index >= 15 is 0 Å². The van der Waals surface area contributed by atoms with Crippen LogP contribution in [0.15, 0.2) is 42.5 Å². The Morgan fingerprint density at radius 2 is 1.86 bits per heavy atom. The van der Waals surface area contributed by atoms with Crippen molar-refractivity contribution < 1.29 is 23.9 Å². The number of carbonyl (C=O) groups excluding carboxylic acids is 3. The van der Waals surface area contributed by atoms with E-state index in [4.69, 9.17) is 9.47 Å². The van der Waals surface area contributed by atoms with Crippen LogP contribution in [-0.4, -0.2) is 67.3 Å². The van der Waals surface area contributed by atoms with Crippen molar-refractivity contribution in [1.29, 1.82) is 0 Å². The highest BCUT2D eigenvalue weighted by atomic mass is 16.5. The number of likely N-dealkylation sites (N-methyl/N-ethyl adjacent to an activating group) is 1. The third-order valence-electron chi connectivity index (χ3n) is 7.13. The van der Waals surface area contributed by atoms with Crippen LogP contribution in [0.1, 0.15) is 52.7 Å². The normalized spacial score (nSPS) is 17.1. The molecule has 4 rings (SSSR count). The van der Waals surface area contributed by atoms with Gasteiger partial charge in [-0.3, -0.25) is 14.5 Å². The Labute approximate surface area is 212 Å². The molecule has 1 N–H and O–H groups in total. The minimum absolute atomic E-state index is 0.211. The molecule has 36 heavy (non-hydrogen) atoms. The van der Waals surface area contributed by atoms with Gasteiger partial charge < -0.3 is 24.5 Å². The molecule has 0 radical (unpaired) electrons. The summed E-state index contributed by atoms with van der Waals surface area (Å²) in [6, 6.07) is 13.2. The molecule has 2 aliphatic rings. The number of fused-ring (bicyclic) bond motifs is 1. The summed E-state index contributed by atoms with van der Waals surface area (Å²) in [5.74, 6) is 0.150. The lowest BCUT2D eigenvalue weighted by atomic mass is 10.1. The summed E-state index contributed by atoms with van der Waals surface area (Å²) in [7, 11) is 3.32. The molecule has 8 heteroatoms. The number of likely N-dealkylation sites (tertiary alicyclic amines) is 1. The SMILES string of the molecule is CNC(=O)C(CCC=O)N1Cc2c(OCc3ccc(CN4CCC(OC)CC4)cc3)cccc2C1=O. The highest BCUT2D eigenvalue weighted by Crippen LogP contribution is 2.33. The monoisotopic (exact) mass is 493 g/mol. The Bertz CT molecular complexity index is 1060. The second-order valence-electron chi connectivity index (χ2n) is 9.41. The number of piperidine rings is 1. The fourth-order valence-electron chi connectivity index (χ4n) is 5.00. The molecule has 1 saturated heterocycles. The molecule has 0 spiro atoms. The van der Waals surface area contributed by atoms with Crippen LogP contribution in [0.5, 0.6) is 5.75 Å². The second kappa shape index (κ2) is 12.1. The minimum Gasteiger partial charge on any atom is -0.489 e. The lowest BCUT2D eigenvalue weighted by molar-refractivity contribution is -0.125. The minimum atomic E-state index is -0.694. The van der Waals surface area contributed by atoms with Crippen LogP contribution in [0.2, 0.25) is 0 Å². The maximum atomic E-state index is 13.1. The lowest BCUT2D eigenvalue weighted by Crippen LogP contribution is -2.46. The highest BCUT2D eigenvalue weighted by molar-refractivity contribution is 6.01. The van der Waals surface area contributed by atoms with Gasteiger partial charge in [-0.15, -0.1) is 0 Å². The van der Waals surface area contributed by atoms with Crippen molar-refractivity contribution in [2.75, 3.05) is 27.2 Å². The first-order valence-electron chi connectivity index (χ1n) is 12.6. The van der Waals surface area contributed by atoms with E-state index in [9.17, 15) is 14.4 Å². The van der Waals surface area contributed by atoms with Crippen LogP contribution in [-0.2, 0) is 34.0 Å². The fraction of sp³-hybridized carbons (Fsp3) is 0.464. The Kier molecular flexibility index (Phi) is 8.72. The van der Waals surface area contributed by atoms with E-state index in [1.54, 1.807) is 19.2 Å². The van der Waals surface area contributed by atoms with Crippen molar-refractivity contribution in [2.45, 2.75) is 57.5 Å². The molecule has 2 aliphatic heterocycles. The fourth-order valence-corrected chi connectivity index (χ4v) is 5.00. The number of hydrogen-bond donors (Lipinski definition) is 1. The number of nitrogens with one attached hydrogen (secondary N) is 1. The molecule has 2 heterocycles. The summed E-state index contributed by atoms with van der Waals surface area (Å²) in [6.45, 7) is 3.69. The third kappa shape index (κ3) is 5.94. The predicted octanol–water partition coefficient (Wildman–Crippen LogP) is 2.93. The molecule has 2 aromatic carbocycles. The van der Waals surface area contributed by atoms with Gasteiger partial charge in [0.1, 0.15) is 24.7 Å². The summed E-state index contributed by atoms with van der Waals surface area (Å²) >= 11 is 0. The number of methoxy groups -OCH3 is 1. The van der Waals surface area contributed by atoms with Gasteiger partial charge in [-0.25, -0.2) is 0 Å². The van der Waals surface area contributed by atoms with Gasteiger partial charge in [-0.05, 0) is 42.5 Å². The number of carbonyl (C=O) groups is 3. The topological polar surface area (TPSA) is 88.2 Å². The average Bonchev–Trinajstić information content (AvgIpc) is 3.25. The number of ether oxygens (including phenoxy) is 2. The number of rotatable bonds is 11. The third-order valence-corrected chi connectivity index (χ3v) is 7.13. The zero-order valence-electron chi connectivity index (χ0n) is 21.1. The van der Waals surface area contributed by atoms with Gasteiger partial charge in [0.25, 0.3) is 5.91 Å². The molecule has 1 unspecified atom stereocenters. The van der Waals surface area contributed by atoms with Crippen molar-refractivity contribution in [3.63, 3.8) is 0 Å². The maximum Gasteiger partial charge on any atom is 0.255 e. The summed E-state index contributed by atoms with van der Waals surface area (Å²) in [6.07, 6.45) is 3.80. The van der Waals surface area contributed by atoms with Crippen molar-refractivity contribution in [2.24, 2.45) is 0 Å². The van der Waals surface area contributed by atoms with Crippen LogP contribution in [0.3, 0.4) is 0 Å². The van der Waals surface area contributed by atoms with Crippen LogP contribution in [0.4, 0.5) is 0 Å². The number of amides is 2. The predicted molar refractivity (Wildman–Crippen MR) is 136 cm³/mol. The van der Waals surface area contributed by atoms with Crippen LogP contribution in [0.25, 0.3) is 0 Å². The number of aldehydes is 1. The Morgan fingerprint density at radius 1 is 1.14 bits per heavy atom. The molecule has 8 nitrogen and oxygen atoms in total. The quantitative estimate of drug-likeness (QED) is 0.485. The van der Waals surface area contributed by atoms with Gasteiger partial charge in [0, 0.05) is 51.3 Å². The van der Waals surface area contributed by atoms with Crippen molar-refractivity contribution >= 4 is 18.1 Å². The summed E-state index contributed by atoms with van der Waals surface area (Å²) in [5.41, 5.74) is 3.63. The first-order chi connectivity index (χ1) is 17.5. The van der Waals surface area contributed by atoms with Gasteiger partial charge in [-0.2, -0.15) is 0 Å². The standard InChI is InChI=1S/C28H35N3O5/c1-29-27(33)25(6-4-16-32)31-18-24-23(28(31)34)5-3-7-26(24)36-19-21-10-8-20(9-11-21)17-30-14-12-22(35-2)13-15-30/h3,5,7-11,16,22,25H,4,6,12-15,17-19H2,1-2H3,(H,29,33). The molecule has 1 fully saturated rings. The molecule has 0 aliphatic carbocycles. The van der Waals surface area contributed by atoms with Gasteiger partial charge in [0.05, 0.1) is 12.6 Å². The molecule has 192 valence electrons. The number of nitrogens with zero attached hydrogens (tertiary/aromatic N) is 2. The Hall–Kier alpha value is -3.23. The average molecular weight is 494 g/mol. The number of benzene rings is 2. The van der Waals surface area contributed by atoms with E-state index in [1.807, 2.05) is 6.07 Å². The molecule has 0 bridgehead atoms. The smallest absolute Gasteiger partial charge is 0.255 e. The molecule has 2 amide bonds. The highest BCUT2D eigenvalue weighted by Gasteiger charge is 2.37. The van der Waals surface area contributed by atoms with Crippen molar-refractivity contribution in [3.05, 3.63) is 64.7 Å². The van der Waals surface area contributed by atoms with Crippen molar-refractivity contribution in [1.82, 2.24) is 15.1 Å². The zero-order chi connectivity index (χ0) is 25.5. The van der Waals surface area contributed by atoms with Gasteiger partial charge in [0.2, 0.25) is 5.91 Å². The molecule has 1 atom stereocenters. The lowest BCUT2D eigenvalue weighted by Gasteiger charge is -2.31. The van der Waals surface area contributed by atoms with Gasteiger partial charge >= 0.3 is 0 Å². The van der Waals surface area contributed by atoms with E-state index in [-0.39, 0.29) is 31.2 Å². The van der Waals surface area contributed by atoms with Crippen LogP contribution in [0, 0.1) is 0 Å². The summed E-state index contributed by atoms with van der Waals surface area (Å²) in [4.78, 5) is 40.4. The molecule has 2 aromatic rings. The van der Waals surface area contributed by atoms with E-state index in [2.05, 4.69) is 34.5 Å². The van der Waals surface area contributed by atoms with E-state index < -0.39 is 6.04 Å². The first kappa shape index (κ1) is 25.9. The molecule has 0 aromatic heterocycles. The summed E-state index contributed by atoms with van der Waals surface area (Å²) in [5, 5.41) is 2.61. The number of hydrogen-bond acceptors (Lipinski definition) is 6. The van der Waals surface area contributed by atoms with Crippen LogP contribution < -0.4 is 10.1 Å². The molecular formula is C28H35N3O5. The second-order valence-corrected chi connectivity index (χ2v) is 9.41. The maximum absolute atomic E-state index is 13.1. The molecular weight excluding hydrogens is 458 g/mol. The van der Waals surface area contributed by atoms with E-state index in [0.29, 0.717) is 24.0 Å². The van der Waals surface area contributed by atoms with Gasteiger partial charge in [0.15, 0.2) is 0 Å². The first-order valence-corrected chi connectivity index (χ1v) is 12.6. The molecule has 0 saturated carbocycles. The van der Waals surface area contributed by atoms with Crippen LogP contribution >= 0.6 is 0 Å². The Morgan fingerprint density at radius 3 is 2.53 bits per heavy atom. The van der Waals surface area contributed by atoms with E-state index in [1.165, 1.54) is 17.5 Å². The van der Waals surface area contributed by atoms with Crippen molar-refractivity contribution in [3.8, 4) is 5.75 Å². The largest absolute Gasteiger partial charge is 0.489 e. The zero-order valence-corrected chi connectivity index (χ0v) is 21.1. The van der Waals surface area contributed by atoms with E-state index in [0.717, 1.165) is 49.9 Å². The summed E-state index contributed by atoms with van der Waals surface area (Å²) < 4.78 is 11.6.